The Morgan fingerprint density at radius 1 is 1.24 bits per heavy atom. The van der Waals surface area contributed by atoms with Crippen LogP contribution in [0.4, 0.5) is 5.69 Å². The van der Waals surface area contributed by atoms with Gasteiger partial charge in [0.15, 0.2) is 6.61 Å². The SMILES string of the molecule is Cc1cc(C)c2c(c1)N(C(=O)c1cccc(OCC(=O)O)c1)CCO2. The minimum absolute atomic E-state index is 0.171. The van der Waals surface area contributed by atoms with E-state index in [1.807, 2.05) is 26.0 Å². The van der Waals surface area contributed by atoms with E-state index in [9.17, 15) is 9.59 Å². The summed E-state index contributed by atoms with van der Waals surface area (Å²) in [6, 6.07) is 10.5. The van der Waals surface area contributed by atoms with Gasteiger partial charge in [0.1, 0.15) is 18.1 Å². The molecule has 0 spiro atoms. The molecule has 0 aromatic heterocycles. The van der Waals surface area contributed by atoms with Crippen molar-refractivity contribution in [2.75, 3.05) is 24.7 Å². The van der Waals surface area contributed by atoms with E-state index in [1.165, 1.54) is 0 Å². The molecular weight excluding hydrogens is 322 g/mol. The highest BCUT2D eigenvalue weighted by atomic mass is 16.5. The van der Waals surface area contributed by atoms with Crippen LogP contribution in [0.5, 0.6) is 11.5 Å². The number of aryl methyl sites for hydroxylation is 2. The van der Waals surface area contributed by atoms with Crippen LogP contribution in [0.1, 0.15) is 21.5 Å². The fraction of sp³-hybridized carbons (Fsp3) is 0.263. The molecule has 0 atom stereocenters. The molecule has 0 unspecified atom stereocenters. The third-order valence-corrected chi connectivity index (χ3v) is 3.94. The number of carbonyl (C=O) groups is 2. The smallest absolute Gasteiger partial charge is 0.341 e. The van der Waals surface area contributed by atoms with Crippen LogP contribution >= 0.6 is 0 Å². The number of nitrogens with zero attached hydrogens (tertiary/aromatic N) is 1. The standard InChI is InChI=1S/C19H19NO5/c1-12-8-13(2)18-16(9-12)20(6-7-24-18)19(23)14-4-3-5-15(10-14)25-11-17(21)22/h3-5,8-10H,6-7,11H2,1-2H3,(H,21,22). The largest absolute Gasteiger partial charge is 0.489 e. The number of aliphatic carboxylic acids is 1. The van der Waals surface area contributed by atoms with Crippen LogP contribution in [0.2, 0.25) is 0 Å². The zero-order valence-electron chi connectivity index (χ0n) is 14.1. The maximum Gasteiger partial charge on any atom is 0.341 e. The monoisotopic (exact) mass is 341 g/mol. The normalized spacial score (nSPS) is 13.0. The van der Waals surface area contributed by atoms with Gasteiger partial charge in [-0.05, 0) is 49.2 Å². The zero-order chi connectivity index (χ0) is 18.0. The van der Waals surface area contributed by atoms with Gasteiger partial charge in [0.25, 0.3) is 5.91 Å². The number of benzene rings is 2. The first-order valence-corrected chi connectivity index (χ1v) is 7.96. The molecule has 1 heterocycles. The second-order valence-electron chi connectivity index (χ2n) is 5.95. The van der Waals surface area contributed by atoms with Crippen LogP contribution in [0.25, 0.3) is 0 Å². The van der Waals surface area contributed by atoms with Gasteiger partial charge in [0.2, 0.25) is 0 Å². The van der Waals surface area contributed by atoms with E-state index in [2.05, 4.69) is 0 Å². The molecule has 25 heavy (non-hydrogen) atoms. The van der Waals surface area contributed by atoms with Gasteiger partial charge in [-0.25, -0.2) is 4.79 Å². The first-order valence-electron chi connectivity index (χ1n) is 7.96. The van der Waals surface area contributed by atoms with Crippen molar-refractivity contribution in [2.24, 2.45) is 0 Å². The van der Waals surface area contributed by atoms with Gasteiger partial charge >= 0.3 is 5.97 Å². The number of fused-ring (bicyclic) bond motifs is 1. The van der Waals surface area contributed by atoms with Crippen molar-refractivity contribution in [3.8, 4) is 11.5 Å². The number of rotatable bonds is 4. The van der Waals surface area contributed by atoms with E-state index in [0.29, 0.717) is 24.5 Å². The minimum Gasteiger partial charge on any atom is -0.489 e. The maximum absolute atomic E-state index is 13.0. The second kappa shape index (κ2) is 6.84. The summed E-state index contributed by atoms with van der Waals surface area (Å²) in [5, 5.41) is 8.70. The number of ether oxygens (including phenoxy) is 2. The molecule has 0 aliphatic carbocycles. The van der Waals surface area contributed by atoms with Gasteiger partial charge in [-0.3, -0.25) is 4.79 Å². The van der Waals surface area contributed by atoms with Crippen molar-refractivity contribution in [3.05, 3.63) is 53.1 Å². The summed E-state index contributed by atoms with van der Waals surface area (Å²) < 4.78 is 10.9. The summed E-state index contributed by atoms with van der Waals surface area (Å²) in [5.41, 5.74) is 3.24. The Labute approximate surface area is 145 Å². The van der Waals surface area contributed by atoms with E-state index in [4.69, 9.17) is 14.6 Å². The molecule has 0 saturated heterocycles. The molecule has 6 nitrogen and oxygen atoms in total. The Balaban J connectivity index is 1.90. The molecule has 6 heteroatoms. The van der Waals surface area contributed by atoms with Crippen molar-refractivity contribution in [1.82, 2.24) is 0 Å². The van der Waals surface area contributed by atoms with E-state index in [0.717, 1.165) is 22.6 Å². The van der Waals surface area contributed by atoms with E-state index < -0.39 is 12.6 Å². The van der Waals surface area contributed by atoms with Crippen molar-refractivity contribution >= 4 is 17.6 Å². The van der Waals surface area contributed by atoms with Crippen molar-refractivity contribution < 1.29 is 24.2 Å². The predicted octanol–water partition coefficient (Wildman–Crippen LogP) is 2.81. The summed E-state index contributed by atoms with van der Waals surface area (Å²) in [5.74, 6) is -0.161. The lowest BCUT2D eigenvalue weighted by molar-refractivity contribution is -0.139. The molecule has 2 aromatic rings. The molecule has 1 aliphatic rings. The maximum atomic E-state index is 13.0. The van der Waals surface area contributed by atoms with Crippen LogP contribution in [0, 0.1) is 13.8 Å². The summed E-state index contributed by atoms with van der Waals surface area (Å²) in [6.07, 6.45) is 0. The lowest BCUT2D eigenvalue weighted by atomic mass is 10.1. The van der Waals surface area contributed by atoms with Gasteiger partial charge < -0.3 is 19.5 Å². The first-order chi connectivity index (χ1) is 12.0. The number of carboxylic acid groups (broad SMARTS) is 1. The number of amides is 1. The Kier molecular flexibility index (Phi) is 4.61. The van der Waals surface area contributed by atoms with E-state index >= 15 is 0 Å². The molecule has 1 N–H and O–H groups in total. The fourth-order valence-corrected chi connectivity index (χ4v) is 2.91. The minimum atomic E-state index is -1.07. The molecule has 1 amide bonds. The predicted molar refractivity (Wildman–Crippen MR) is 92.7 cm³/mol. The average molecular weight is 341 g/mol. The third-order valence-electron chi connectivity index (χ3n) is 3.94. The van der Waals surface area contributed by atoms with Crippen LogP contribution in [-0.4, -0.2) is 36.7 Å². The summed E-state index contributed by atoms with van der Waals surface area (Å²) >= 11 is 0. The average Bonchev–Trinajstić information content (AvgIpc) is 2.59. The van der Waals surface area contributed by atoms with Crippen LogP contribution in [0.15, 0.2) is 36.4 Å². The molecule has 0 bridgehead atoms. The van der Waals surface area contributed by atoms with Gasteiger partial charge in [-0.1, -0.05) is 12.1 Å². The number of carboxylic acids is 1. The van der Waals surface area contributed by atoms with Crippen molar-refractivity contribution in [2.45, 2.75) is 13.8 Å². The highest BCUT2D eigenvalue weighted by molar-refractivity contribution is 6.07. The highest BCUT2D eigenvalue weighted by Gasteiger charge is 2.26. The number of hydrogen-bond acceptors (Lipinski definition) is 4. The van der Waals surface area contributed by atoms with Crippen molar-refractivity contribution in [1.29, 1.82) is 0 Å². The van der Waals surface area contributed by atoms with Gasteiger partial charge in [-0.15, -0.1) is 0 Å². The Bertz CT molecular complexity index is 831. The molecular formula is C19H19NO5. The molecule has 1 aliphatic heterocycles. The second-order valence-corrected chi connectivity index (χ2v) is 5.95. The first kappa shape index (κ1) is 16.8. The lowest BCUT2D eigenvalue weighted by Gasteiger charge is -2.31. The van der Waals surface area contributed by atoms with E-state index in [-0.39, 0.29) is 5.91 Å². The highest BCUT2D eigenvalue weighted by Crippen LogP contribution is 2.36. The fourth-order valence-electron chi connectivity index (χ4n) is 2.91. The zero-order valence-corrected chi connectivity index (χ0v) is 14.1. The number of carbonyl (C=O) groups excluding carboxylic acids is 1. The molecule has 0 fully saturated rings. The van der Waals surface area contributed by atoms with E-state index in [1.54, 1.807) is 29.2 Å². The summed E-state index contributed by atoms with van der Waals surface area (Å²) in [7, 11) is 0. The van der Waals surface area contributed by atoms with Crippen LogP contribution in [0.3, 0.4) is 0 Å². The quantitative estimate of drug-likeness (QED) is 0.925. The molecule has 2 aromatic carbocycles. The molecule has 0 radical (unpaired) electrons. The van der Waals surface area contributed by atoms with Crippen molar-refractivity contribution in [3.63, 3.8) is 0 Å². The molecule has 3 rings (SSSR count). The molecule has 130 valence electrons. The van der Waals surface area contributed by atoms with Crippen LogP contribution in [-0.2, 0) is 4.79 Å². The summed E-state index contributed by atoms with van der Waals surface area (Å²) in [4.78, 5) is 25.3. The van der Waals surface area contributed by atoms with Crippen LogP contribution < -0.4 is 14.4 Å². The third kappa shape index (κ3) is 3.57. The number of hydrogen-bond donors (Lipinski definition) is 1. The molecule has 0 saturated carbocycles. The Hall–Kier alpha value is -3.02. The topological polar surface area (TPSA) is 76.1 Å². The number of anilines is 1. The Morgan fingerprint density at radius 3 is 2.80 bits per heavy atom. The van der Waals surface area contributed by atoms with Gasteiger partial charge in [-0.2, -0.15) is 0 Å². The summed E-state index contributed by atoms with van der Waals surface area (Å²) in [6.45, 7) is 4.37. The van der Waals surface area contributed by atoms with Gasteiger partial charge in [0.05, 0.1) is 12.2 Å². The lowest BCUT2D eigenvalue weighted by Crippen LogP contribution is -2.38. The Morgan fingerprint density at radius 2 is 2.04 bits per heavy atom. The van der Waals surface area contributed by atoms with Gasteiger partial charge in [0, 0.05) is 5.56 Å².